The number of nitrogens with one attached hydrogen (secondary N) is 1. The average Bonchev–Trinajstić information content (AvgIpc) is 3.07. The fourth-order valence-electron chi connectivity index (χ4n) is 6.59. The number of rotatable bonds is 5. The van der Waals surface area contributed by atoms with E-state index in [1.165, 1.54) is 19.3 Å². The first kappa shape index (κ1) is 18.8. The predicted octanol–water partition coefficient (Wildman–Crippen LogP) is 1.68. The van der Waals surface area contributed by atoms with Crippen LogP contribution in [0.15, 0.2) is 0 Å². The van der Waals surface area contributed by atoms with E-state index in [0.29, 0.717) is 37.3 Å². The zero-order chi connectivity index (χ0) is 19.3. The van der Waals surface area contributed by atoms with Gasteiger partial charge in [0.15, 0.2) is 0 Å². The second-order valence-corrected chi connectivity index (χ2v) is 10.1. The van der Waals surface area contributed by atoms with Crippen molar-refractivity contribution < 1.29 is 14.4 Å². The Morgan fingerprint density at radius 2 is 1.59 bits per heavy atom. The summed E-state index contributed by atoms with van der Waals surface area (Å²) in [6.07, 6.45) is 7.49. The summed E-state index contributed by atoms with van der Waals surface area (Å²) in [5.41, 5.74) is 5.15. The molecule has 3 amide bonds. The number of amides is 3. The van der Waals surface area contributed by atoms with Crippen molar-refractivity contribution in [2.24, 2.45) is 40.7 Å². The molecule has 1 saturated heterocycles. The number of hydrogen-bond donors (Lipinski definition) is 2. The lowest BCUT2D eigenvalue weighted by Crippen LogP contribution is -2.58. The topological polar surface area (TPSA) is 92.5 Å². The molecule has 0 spiro atoms. The number of carbonyl (C=O) groups is 3. The van der Waals surface area contributed by atoms with Crippen molar-refractivity contribution in [3.63, 3.8) is 0 Å². The lowest BCUT2D eigenvalue weighted by molar-refractivity contribution is -0.150. The largest absolute Gasteiger partial charge is 0.369 e. The van der Waals surface area contributed by atoms with Gasteiger partial charge in [0.05, 0.1) is 5.92 Å². The molecule has 4 saturated carbocycles. The molecule has 3 N–H and O–H groups in total. The number of nitrogens with zero attached hydrogens (tertiary/aromatic N) is 1. The van der Waals surface area contributed by atoms with E-state index in [1.54, 1.807) is 4.90 Å². The summed E-state index contributed by atoms with van der Waals surface area (Å²) in [6, 6.07) is -0.517. The van der Waals surface area contributed by atoms with Gasteiger partial charge < -0.3 is 16.0 Å². The minimum atomic E-state index is -0.517. The normalized spacial score (nSPS) is 38.3. The number of likely N-dealkylation sites (tertiary alicyclic amines) is 1. The minimum absolute atomic E-state index is 0.0167. The number of nitrogens with two attached hydrogens (primary N) is 1. The molecule has 27 heavy (non-hydrogen) atoms. The van der Waals surface area contributed by atoms with Crippen LogP contribution in [-0.2, 0) is 14.4 Å². The lowest BCUT2D eigenvalue weighted by atomic mass is 9.49. The van der Waals surface area contributed by atoms with Crippen LogP contribution in [0.25, 0.3) is 0 Å². The summed E-state index contributed by atoms with van der Waals surface area (Å²) in [4.78, 5) is 39.6. The first-order chi connectivity index (χ1) is 12.8. The third-order valence-electron chi connectivity index (χ3n) is 7.64. The van der Waals surface area contributed by atoms with Crippen molar-refractivity contribution in [3.8, 4) is 0 Å². The molecule has 1 heterocycles. The van der Waals surface area contributed by atoms with E-state index in [0.717, 1.165) is 19.3 Å². The van der Waals surface area contributed by atoms with Crippen molar-refractivity contribution in [2.45, 2.75) is 64.8 Å². The van der Waals surface area contributed by atoms with Gasteiger partial charge in [-0.3, -0.25) is 14.4 Å². The number of hydrogen-bond acceptors (Lipinski definition) is 3. The van der Waals surface area contributed by atoms with E-state index in [4.69, 9.17) is 5.73 Å². The number of carbonyl (C=O) groups excluding carboxylic acids is 3. The van der Waals surface area contributed by atoms with E-state index in [1.807, 2.05) is 13.8 Å². The fourth-order valence-corrected chi connectivity index (χ4v) is 6.59. The fraction of sp³-hybridized carbons (Fsp3) is 0.857. The highest BCUT2D eigenvalue weighted by atomic mass is 16.2. The Kier molecular flexibility index (Phi) is 4.71. The van der Waals surface area contributed by atoms with Gasteiger partial charge in [0, 0.05) is 18.5 Å². The molecule has 1 aliphatic heterocycles. The molecule has 5 aliphatic rings. The zero-order valence-electron chi connectivity index (χ0n) is 16.6. The van der Waals surface area contributed by atoms with Crippen LogP contribution in [0.4, 0.5) is 0 Å². The van der Waals surface area contributed by atoms with Crippen LogP contribution in [-0.4, -0.2) is 41.8 Å². The SMILES string of the molecule is CC(C)[C@@H](NC(=O)C12CC3CC(CC(C3)C1)C2)C(=O)N1CC[C@@H](C(N)=O)C1. The van der Waals surface area contributed by atoms with Crippen LogP contribution >= 0.6 is 0 Å². The first-order valence-corrected chi connectivity index (χ1v) is 10.7. The molecule has 6 heteroatoms. The van der Waals surface area contributed by atoms with Crippen LogP contribution in [0, 0.1) is 35.0 Å². The van der Waals surface area contributed by atoms with Crippen molar-refractivity contribution in [1.29, 1.82) is 0 Å². The highest BCUT2D eigenvalue weighted by Crippen LogP contribution is 2.60. The summed E-state index contributed by atoms with van der Waals surface area (Å²) in [7, 11) is 0. The Morgan fingerprint density at radius 1 is 1.04 bits per heavy atom. The quantitative estimate of drug-likeness (QED) is 0.766. The Hall–Kier alpha value is -1.59. The van der Waals surface area contributed by atoms with E-state index in [-0.39, 0.29) is 35.0 Å². The summed E-state index contributed by atoms with van der Waals surface area (Å²) in [6.45, 7) is 4.88. The van der Waals surface area contributed by atoms with Gasteiger partial charge >= 0.3 is 0 Å². The molecule has 2 atom stereocenters. The molecule has 0 aromatic heterocycles. The van der Waals surface area contributed by atoms with Gasteiger partial charge in [0.2, 0.25) is 17.7 Å². The van der Waals surface area contributed by atoms with Crippen LogP contribution in [0.2, 0.25) is 0 Å². The van der Waals surface area contributed by atoms with Gasteiger partial charge in [-0.1, -0.05) is 13.8 Å². The zero-order valence-corrected chi connectivity index (χ0v) is 16.6. The van der Waals surface area contributed by atoms with Gasteiger partial charge in [0.1, 0.15) is 6.04 Å². The van der Waals surface area contributed by atoms with E-state index in [9.17, 15) is 14.4 Å². The minimum Gasteiger partial charge on any atom is -0.369 e. The predicted molar refractivity (Wildman–Crippen MR) is 101 cm³/mol. The van der Waals surface area contributed by atoms with E-state index in [2.05, 4.69) is 5.32 Å². The van der Waals surface area contributed by atoms with Crippen LogP contribution in [0.5, 0.6) is 0 Å². The second-order valence-electron chi connectivity index (χ2n) is 10.1. The maximum absolute atomic E-state index is 13.3. The van der Waals surface area contributed by atoms with E-state index < -0.39 is 6.04 Å². The second kappa shape index (κ2) is 6.78. The molecule has 0 aromatic carbocycles. The third kappa shape index (κ3) is 3.36. The van der Waals surface area contributed by atoms with Crippen molar-refractivity contribution in [3.05, 3.63) is 0 Å². The Balaban J connectivity index is 1.45. The average molecular weight is 376 g/mol. The van der Waals surface area contributed by atoms with Crippen molar-refractivity contribution in [1.82, 2.24) is 10.2 Å². The molecular formula is C21H33N3O3. The van der Waals surface area contributed by atoms with Crippen LogP contribution in [0.3, 0.4) is 0 Å². The molecule has 0 radical (unpaired) electrons. The van der Waals surface area contributed by atoms with Gasteiger partial charge in [-0.15, -0.1) is 0 Å². The maximum Gasteiger partial charge on any atom is 0.245 e. The van der Waals surface area contributed by atoms with Crippen LogP contribution in [0.1, 0.15) is 58.8 Å². The van der Waals surface area contributed by atoms with Crippen LogP contribution < -0.4 is 11.1 Å². The van der Waals surface area contributed by atoms with E-state index >= 15 is 0 Å². The van der Waals surface area contributed by atoms with Crippen molar-refractivity contribution >= 4 is 17.7 Å². The third-order valence-corrected chi connectivity index (χ3v) is 7.64. The summed E-state index contributed by atoms with van der Waals surface area (Å²) >= 11 is 0. The van der Waals surface area contributed by atoms with Crippen molar-refractivity contribution in [2.75, 3.05) is 13.1 Å². The van der Waals surface area contributed by atoms with Gasteiger partial charge in [-0.25, -0.2) is 0 Å². The lowest BCUT2D eigenvalue weighted by Gasteiger charge is -2.56. The summed E-state index contributed by atoms with van der Waals surface area (Å²) < 4.78 is 0. The summed E-state index contributed by atoms with van der Waals surface area (Å²) in [5.74, 6) is 1.54. The van der Waals surface area contributed by atoms with Gasteiger partial charge in [-0.2, -0.15) is 0 Å². The number of primary amides is 1. The monoisotopic (exact) mass is 375 g/mol. The maximum atomic E-state index is 13.3. The Labute approximate surface area is 161 Å². The molecule has 0 aromatic rings. The molecular weight excluding hydrogens is 342 g/mol. The van der Waals surface area contributed by atoms with Gasteiger partial charge in [0.25, 0.3) is 0 Å². The molecule has 4 aliphatic carbocycles. The Bertz CT molecular complexity index is 609. The Morgan fingerprint density at radius 3 is 2.04 bits per heavy atom. The molecule has 150 valence electrons. The molecule has 5 rings (SSSR count). The molecule has 4 bridgehead atoms. The molecule has 0 unspecified atom stereocenters. The highest BCUT2D eigenvalue weighted by Gasteiger charge is 2.55. The van der Waals surface area contributed by atoms with Gasteiger partial charge in [-0.05, 0) is 68.6 Å². The standard InChI is InChI=1S/C21H33N3O3/c1-12(2)17(19(26)24-4-3-16(11-24)18(22)25)23-20(27)21-8-13-5-14(9-21)7-15(6-13)10-21/h12-17H,3-11H2,1-2H3,(H2,22,25)(H,23,27)/t13?,14?,15?,16-,17-,21?/m1/s1. The molecule has 5 fully saturated rings. The highest BCUT2D eigenvalue weighted by molar-refractivity contribution is 5.91. The summed E-state index contributed by atoms with van der Waals surface area (Å²) in [5, 5.41) is 3.15. The smallest absolute Gasteiger partial charge is 0.245 e. The molecule has 6 nitrogen and oxygen atoms in total. The first-order valence-electron chi connectivity index (χ1n) is 10.7.